The number of nitrogens with one attached hydrogen (secondary N) is 2. The highest BCUT2D eigenvalue weighted by Gasteiger charge is 2.18. The minimum atomic E-state index is -0.622. The number of amides is 1. The van der Waals surface area contributed by atoms with Crippen molar-refractivity contribution in [2.45, 2.75) is 6.92 Å². The lowest BCUT2D eigenvalue weighted by molar-refractivity contribution is -0.385. The summed E-state index contributed by atoms with van der Waals surface area (Å²) in [4.78, 5) is 26.0. The summed E-state index contributed by atoms with van der Waals surface area (Å²) in [7, 11) is 1.56. The lowest BCUT2D eigenvalue weighted by Crippen LogP contribution is -2.15. The van der Waals surface area contributed by atoms with Crippen LogP contribution in [0.25, 0.3) is 0 Å². The van der Waals surface area contributed by atoms with Gasteiger partial charge in [0, 0.05) is 19.2 Å². The van der Waals surface area contributed by atoms with Gasteiger partial charge in [0.2, 0.25) is 0 Å². The molecule has 20 heavy (non-hydrogen) atoms. The molecule has 0 saturated heterocycles. The summed E-state index contributed by atoms with van der Waals surface area (Å²) < 4.78 is 4.82. The number of carbonyl (C=O) groups is 1. The molecule has 104 valence electrons. The van der Waals surface area contributed by atoms with E-state index < -0.39 is 10.8 Å². The molecule has 2 aromatic rings. The molecular weight excluding hydrogens is 266 g/mol. The van der Waals surface area contributed by atoms with Gasteiger partial charge in [-0.25, -0.2) is 4.98 Å². The average molecular weight is 277 g/mol. The molecule has 2 rings (SSSR count). The second-order valence-corrected chi connectivity index (χ2v) is 3.87. The molecule has 9 heteroatoms. The first-order valence-electron chi connectivity index (χ1n) is 5.58. The third-order valence-corrected chi connectivity index (χ3v) is 2.44. The van der Waals surface area contributed by atoms with E-state index in [1.165, 1.54) is 6.07 Å². The maximum Gasteiger partial charge on any atom is 0.288 e. The van der Waals surface area contributed by atoms with Crippen LogP contribution in [-0.2, 0) is 0 Å². The molecule has 0 saturated carbocycles. The largest absolute Gasteiger partial charge is 0.372 e. The van der Waals surface area contributed by atoms with Crippen molar-refractivity contribution < 1.29 is 14.2 Å². The van der Waals surface area contributed by atoms with E-state index in [-0.39, 0.29) is 22.9 Å². The van der Waals surface area contributed by atoms with Crippen molar-refractivity contribution in [1.82, 2.24) is 10.1 Å². The van der Waals surface area contributed by atoms with E-state index in [4.69, 9.17) is 4.52 Å². The molecular formula is C11H11N5O4. The van der Waals surface area contributed by atoms with Crippen LogP contribution in [0, 0.1) is 17.0 Å². The lowest BCUT2D eigenvalue weighted by Gasteiger charge is -2.06. The van der Waals surface area contributed by atoms with Crippen molar-refractivity contribution in [2.75, 3.05) is 17.7 Å². The van der Waals surface area contributed by atoms with Gasteiger partial charge in [0.05, 0.1) is 10.5 Å². The Balaban J connectivity index is 2.32. The normalized spacial score (nSPS) is 10.1. The molecule has 0 spiro atoms. The molecule has 9 nitrogen and oxygen atoms in total. The SMILES string of the molecule is CNc1ncc([N+](=O)[O-])cc1C(=O)Nc1cc(C)on1. The van der Waals surface area contributed by atoms with Gasteiger partial charge in [-0.1, -0.05) is 5.16 Å². The Hall–Kier alpha value is -2.97. The van der Waals surface area contributed by atoms with Crippen molar-refractivity contribution in [1.29, 1.82) is 0 Å². The number of pyridine rings is 1. The topological polar surface area (TPSA) is 123 Å². The van der Waals surface area contributed by atoms with Gasteiger partial charge in [-0.05, 0) is 6.92 Å². The maximum atomic E-state index is 12.1. The second-order valence-electron chi connectivity index (χ2n) is 3.87. The first-order chi connectivity index (χ1) is 9.51. The highest BCUT2D eigenvalue weighted by atomic mass is 16.6. The van der Waals surface area contributed by atoms with Crippen molar-refractivity contribution in [3.8, 4) is 0 Å². The molecule has 0 atom stereocenters. The third-order valence-electron chi connectivity index (χ3n) is 2.44. The predicted octanol–water partition coefficient (Wildman–Crippen LogP) is 1.58. The number of carbonyl (C=O) groups excluding carboxylic acids is 1. The molecule has 0 aliphatic carbocycles. The number of hydrogen-bond acceptors (Lipinski definition) is 7. The fraction of sp³-hybridized carbons (Fsp3) is 0.182. The maximum absolute atomic E-state index is 12.1. The van der Waals surface area contributed by atoms with Gasteiger partial charge in [-0.3, -0.25) is 14.9 Å². The van der Waals surface area contributed by atoms with Gasteiger partial charge >= 0.3 is 0 Å². The zero-order valence-corrected chi connectivity index (χ0v) is 10.7. The molecule has 0 aliphatic heterocycles. The Kier molecular flexibility index (Phi) is 3.60. The number of anilines is 2. The fourth-order valence-corrected chi connectivity index (χ4v) is 1.53. The Morgan fingerprint density at radius 2 is 2.20 bits per heavy atom. The summed E-state index contributed by atoms with van der Waals surface area (Å²) in [5.41, 5.74) is -0.229. The van der Waals surface area contributed by atoms with E-state index in [2.05, 4.69) is 20.8 Å². The number of aryl methyl sites for hydroxylation is 1. The fourth-order valence-electron chi connectivity index (χ4n) is 1.53. The summed E-state index contributed by atoms with van der Waals surface area (Å²) in [6.45, 7) is 1.68. The van der Waals surface area contributed by atoms with Gasteiger partial charge in [-0.15, -0.1) is 0 Å². The van der Waals surface area contributed by atoms with Crippen LogP contribution in [0.15, 0.2) is 22.9 Å². The molecule has 0 unspecified atom stereocenters. The summed E-state index contributed by atoms with van der Waals surface area (Å²) in [6.07, 6.45) is 1.07. The molecule has 0 radical (unpaired) electrons. The van der Waals surface area contributed by atoms with Crippen LogP contribution < -0.4 is 10.6 Å². The van der Waals surface area contributed by atoms with Crippen molar-refractivity contribution in [3.63, 3.8) is 0 Å². The van der Waals surface area contributed by atoms with E-state index in [0.717, 1.165) is 12.3 Å². The standard InChI is InChI=1S/C11H11N5O4/c1-6-3-9(15-20-6)14-11(17)8-4-7(16(18)19)5-13-10(8)12-2/h3-5H,1-2H3,(H,12,13)(H,14,15,17). The van der Waals surface area contributed by atoms with E-state index in [0.29, 0.717) is 5.76 Å². The minimum Gasteiger partial charge on any atom is -0.372 e. The zero-order valence-electron chi connectivity index (χ0n) is 10.7. The highest BCUT2D eigenvalue weighted by Crippen LogP contribution is 2.20. The van der Waals surface area contributed by atoms with Gasteiger partial charge in [0.15, 0.2) is 5.82 Å². The van der Waals surface area contributed by atoms with Crippen molar-refractivity contribution >= 4 is 23.2 Å². The van der Waals surface area contributed by atoms with E-state index in [1.54, 1.807) is 14.0 Å². The lowest BCUT2D eigenvalue weighted by atomic mass is 10.2. The summed E-state index contributed by atoms with van der Waals surface area (Å²) >= 11 is 0. The summed E-state index contributed by atoms with van der Waals surface area (Å²) in [5, 5.41) is 19.5. The first-order valence-corrected chi connectivity index (χ1v) is 5.58. The molecule has 2 aromatic heterocycles. The van der Waals surface area contributed by atoms with Crippen LogP contribution in [0.1, 0.15) is 16.1 Å². The van der Waals surface area contributed by atoms with Crippen LogP contribution in [0.2, 0.25) is 0 Å². The number of hydrogen-bond donors (Lipinski definition) is 2. The number of nitro groups is 1. The Morgan fingerprint density at radius 3 is 2.75 bits per heavy atom. The minimum absolute atomic E-state index is 0.0438. The average Bonchev–Trinajstić information content (AvgIpc) is 2.83. The number of rotatable bonds is 4. The molecule has 0 fully saturated rings. The van der Waals surface area contributed by atoms with Crippen LogP contribution in [-0.4, -0.2) is 28.0 Å². The Labute approximate surface area is 113 Å². The van der Waals surface area contributed by atoms with E-state index in [1.807, 2.05) is 0 Å². The number of aromatic nitrogens is 2. The monoisotopic (exact) mass is 277 g/mol. The number of nitrogens with zero attached hydrogens (tertiary/aromatic N) is 3. The molecule has 0 aromatic carbocycles. The van der Waals surface area contributed by atoms with E-state index >= 15 is 0 Å². The predicted molar refractivity (Wildman–Crippen MR) is 69.6 cm³/mol. The Bertz CT molecular complexity index is 667. The molecule has 2 heterocycles. The molecule has 2 N–H and O–H groups in total. The molecule has 0 bridgehead atoms. The van der Waals surface area contributed by atoms with Crippen molar-refractivity contribution in [2.24, 2.45) is 0 Å². The van der Waals surface area contributed by atoms with Gasteiger partial charge < -0.3 is 15.2 Å². The van der Waals surface area contributed by atoms with E-state index in [9.17, 15) is 14.9 Å². The summed E-state index contributed by atoms with van der Waals surface area (Å²) in [5.74, 6) is 0.416. The second kappa shape index (κ2) is 5.34. The third kappa shape index (κ3) is 2.71. The van der Waals surface area contributed by atoms with Crippen LogP contribution in [0.3, 0.4) is 0 Å². The van der Waals surface area contributed by atoms with Crippen molar-refractivity contribution in [3.05, 3.63) is 39.8 Å². The Morgan fingerprint density at radius 1 is 1.45 bits per heavy atom. The van der Waals surface area contributed by atoms with Crippen LogP contribution >= 0.6 is 0 Å². The van der Waals surface area contributed by atoms with Crippen LogP contribution in [0.5, 0.6) is 0 Å². The molecule has 1 amide bonds. The quantitative estimate of drug-likeness (QED) is 0.642. The molecule has 0 aliphatic rings. The summed E-state index contributed by atoms with van der Waals surface area (Å²) in [6, 6.07) is 2.67. The zero-order chi connectivity index (χ0) is 14.7. The highest BCUT2D eigenvalue weighted by molar-refractivity contribution is 6.07. The van der Waals surface area contributed by atoms with Gasteiger partial charge in [0.1, 0.15) is 17.8 Å². The smallest absolute Gasteiger partial charge is 0.288 e. The van der Waals surface area contributed by atoms with Gasteiger partial charge in [0.25, 0.3) is 11.6 Å². The first kappa shape index (κ1) is 13.5. The van der Waals surface area contributed by atoms with Crippen LogP contribution in [0.4, 0.5) is 17.3 Å². The van der Waals surface area contributed by atoms with Gasteiger partial charge in [-0.2, -0.15) is 0 Å².